The van der Waals surface area contributed by atoms with Crippen molar-refractivity contribution in [2.24, 2.45) is 0 Å². The van der Waals surface area contributed by atoms with Crippen molar-refractivity contribution in [3.8, 4) is 5.75 Å². The third kappa shape index (κ3) is 5.66. The Kier molecular flexibility index (Phi) is 6.35. The van der Waals surface area contributed by atoms with E-state index < -0.39 is 4.92 Å². The lowest BCUT2D eigenvalue weighted by atomic mass is 10.2. The van der Waals surface area contributed by atoms with Gasteiger partial charge in [0.05, 0.1) is 4.92 Å². The number of hydrogen-bond donors (Lipinski definition) is 1. The molecule has 8 heteroatoms. The number of ether oxygens (including phenoxy) is 1. The molecule has 0 fully saturated rings. The molecular formula is C20H20N4O4. The fourth-order valence-electron chi connectivity index (χ4n) is 2.52. The molecule has 0 aliphatic rings. The van der Waals surface area contributed by atoms with Gasteiger partial charge in [0.1, 0.15) is 24.8 Å². The van der Waals surface area contributed by atoms with E-state index in [4.69, 9.17) is 4.74 Å². The largest absolute Gasteiger partial charge is 0.489 e. The topological polar surface area (TPSA) is 99.3 Å². The fourth-order valence-corrected chi connectivity index (χ4v) is 2.52. The van der Waals surface area contributed by atoms with Gasteiger partial charge >= 0.3 is 5.69 Å². The summed E-state index contributed by atoms with van der Waals surface area (Å²) < 4.78 is 7.12. The van der Waals surface area contributed by atoms with Gasteiger partial charge < -0.3 is 10.1 Å². The van der Waals surface area contributed by atoms with E-state index in [-0.39, 0.29) is 24.6 Å². The lowest BCUT2D eigenvalue weighted by Crippen LogP contribution is -2.24. The van der Waals surface area contributed by atoms with Gasteiger partial charge in [-0.15, -0.1) is 0 Å². The zero-order valence-electron chi connectivity index (χ0n) is 15.2. The Morgan fingerprint density at radius 3 is 2.54 bits per heavy atom. The molecule has 1 aromatic heterocycles. The first-order chi connectivity index (χ1) is 13.6. The molecule has 0 atom stereocenters. The Morgan fingerprint density at radius 1 is 1.11 bits per heavy atom. The number of hydrogen-bond acceptors (Lipinski definition) is 5. The fraction of sp³-hybridized carbons (Fsp3) is 0.200. The summed E-state index contributed by atoms with van der Waals surface area (Å²) >= 11 is 0. The monoisotopic (exact) mass is 380 g/mol. The van der Waals surface area contributed by atoms with E-state index in [1.165, 1.54) is 17.1 Å². The second-order valence-corrected chi connectivity index (χ2v) is 6.16. The third-order valence-corrected chi connectivity index (χ3v) is 4.06. The predicted octanol–water partition coefficient (Wildman–Crippen LogP) is 3.08. The molecule has 0 saturated heterocycles. The van der Waals surface area contributed by atoms with Crippen LogP contribution < -0.4 is 10.1 Å². The van der Waals surface area contributed by atoms with Crippen LogP contribution in [0.5, 0.6) is 5.75 Å². The number of aryl methyl sites for hydroxylation is 1. The van der Waals surface area contributed by atoms with Crippen molar-refractivity contribution in [1.82, 2.24) is 15.1 Å². The SMILES string of the molecule is O=C(CCn1cc([N+](=O)[O-])cn1)NCc1ccc(OCc2ccccc2)cc1. The highest BCUT2D eigenvalue weighted by Gasteiger charge is 2.09. The van der Waals surface area contributed by atoms with E-state index in [0.29, 0.717) is 13.2 Å². The average molecular weight is 380 g/mol. The third-order valence-electron chi connectivity index (χ3n) is 4.06. The van der Waals surface area contributed by atoms with Crippen molar-refractivity contribution in [1.29, 1.82) is 0 Å². The Hall–Kier alpha value is -3.68. The number of carbonyl (C=O) groups is 1. The van der Waals surface area contributed by atoms with Crippen LogP contribution in [-0.2, 0) is 24.5 Å². The molecule has 0 radical (unpaired) electrons. The predicted molar refractivity (Wildman–Crippen MR) is 103 cm³/mol. The summed E-state index contributed by atoms with van der Waals surface area (Å²) in [6, 6.07) is 17.5. The van der Waals surface area contributed by atoms with Crippen LogP contribution in [0.1, 0.15) is 17.5 Å². The van der Waals surface area contributed by atoms with Crippen molar-refractivity contribution < 1.29 is 14.5 Å². The van der Waals surface area contributed by atoms with Crippen LogP contribution in [0.25, 0.3) is 0 Å². The first-order valence-corrected chi connectivity index (χ1v) is 8.79. The molecule has 1 amide bonds. The van der Waals surface area contributed by atoms with E-state index in [9.17, 15) is 14.9 Å². The van der Waals surface area contributed by atoms with Crippen LogP contribution in [0.2, 0.25) is 0 Å². The number of aromatic nitrogens is 2. The lowest BCUT2D eigenvalue weighted by molar-refractivity contribution is -0.385. The molecule has 0 aliphatic carbocycles. The maximum absolute atomic E-state index is 11.9. The highest BCUT2D eigenvalue weighted by atomic mass is 16.6. The summed E-state index contributed by atoms with van der Waals surface area (Å²) in [7, 11) is 0. The van der Waals surface area contributed by atoms with E-state index in [0.717, 1.165) is 16.9 Å². The maximum atomic E-state index is 11.9. The first-order valence-electron chi connectivity index (χ1n) is 8.79. The van der Waals surface area contributed by atoms with Crippen molar-refractivity contribution in [3.05, 3.63) is 88.2 Å². The smallest absolute Gasteiger partial charge is 0.306 e. The highest BCUT2D eigenvalue weighted by Crippen LogP contribution is 2.14. The number of benzene rings is 2. The van der Waals surface area contributed by atoms with Gasteiger partial charge in [-0.2, -0.15) is 5.10 Å². The molecule has 3 rings (SSSR count). The van der Waals surface area contributed by atoms with Crippen molar-refractivity contribution in [3.63, 3.8) is 0 Å². The van der Waals surface area contributed by atoms with Crippen molar-refractivity contribution in [2.45, 2.75) is 26.1 Å². The molecule has 144 valence electrons. The molecule has 0 spiro atoms. The minimum absolute atomic E-state index is 0.0880. The number of carbonyl (C=O) groups excluding carboxylic acids is 1. The summed E-state index contributed by atoms with van der Waals surface area (Å²) in [6.45, 7) is 1.19. The Balaban J connectivity index is 1.40. The maximum Gasteiger partial charge on any atom is 0.306 e. The van der Waals surface area contributed by atoms with Crippen LogP contribution in [0.15, 0.2) is 67.0 Å². The summed E-state index contributed by atoms with van der Waals surface area (Å²) in [4.78, 5) is 22.0. The molecule has 0 saturated carbocycles. The van der Waals surface area contributed by atoms with Crippen LogP contribution >= 0.6 is 0 Å². The molecule has 0 aliphatic heterocycles. The molecule has 3 aromatic rings. The minimum Gasteiger partial charge on any atom is -0.489 e. The normalized spacial score (nSPS) is 10.4. The average Bonchev–Trinajstić information content (AvgIpc) is 3.20. The zero-order chi connectivity index (χ0) is 19.8. The molecular weight excluding hydrogens is 360 g/mol. The van der Waals surface area contributed by atoms with Crippen LogP contribution in [0.3, 0.4) is 0 Å². The van der Waals surface area contributed by atoms with E-state index in [1.807, 2.05) is 54.6 Å². The van der Waals surface area contributed by atoms with E-state index in [1.54, 1.807) is 0 Å². The summed E-state index contributed by atoms with van der Waals surface area (Å²) in [5.74, 6) is 0.613. The van der Waals surface area contributed by atoms with Gasteiger partial charge in [-0.25, -0.2) is 0 Å². The second-order valence-electron chi connectivity index (χ2n) is 6.16. The number of amides is 1. The van der Waals surface area contributed by atoms with Gasteiger partial charge in [-0.05, 0) is 23.3 Å². The summed E-state index contributed by atoms with van der Waals surface area (Å²) in [5, 5.41) is 17.3. The van der Waals surface area contributed by atoms with Gasteiger partial charge in [-0.3, -0.25) is 19.6 Å². The second kappa shape index (κ2) is 9.31. The van der Waals surface area contributed by atoms with Crippen molar-refractivity contribution >= 4 is 11.6 Å². The molecule has 1 heterocycles. The Bertz CT molecular complexity index is 923. The Labute approximate surface area is 161 Å². The zero-order valence-corrected chi connectivity index (χ0v) is 15.2. The van der Waals surface area contributed by atoms with Crippen LogP contribution in [0, 0.1) is 10.1 Å². The Morgan fingerprint density at radius 2 is 1.86 bits per heavy atom. The van der Waals surface area contributed by atoms with Crippen LogP contribution in [0.4, 0.5) is 5.69 Å². The standard InChI is InChI=1S/C20H20N4O4/c25-20(10-11-23-14-18(13-22-23)24(26)27)21-12-16-6-8-19(9-7-16)28-15-17-4-2-1-3-5-17/h1-9,13-14H,10-12,15H2,(H,21,25). The van der Waals surface area contributed by atoms with Gasteiger partial charge in [0.15, 0.2) is 0 Å². The first kappa shape index (κ1) is 19.1. The van der Waals surface area contributed by atoms with Crippen molar-refractivity contribution in [2.75, 3.05) is 0 Å². The number of nitrogens with one attached hydrogen (secondary N) is 1. The lowest BCUT2D eigenvalue weighted by Gasteiger charge is -2.08. The van der Waals surface area contributed by atoms with Crippen LogP contribution in [-0.4, -0.2) is 20.6 Å². The molecule has 2 aromatic carbocycles. The van der Waals surface area contributed by atoms with Gasteiger partial charge in [0, 0.05) is 19.5 Å². The molecule has 1 N–H and O–H groups in total. The van der Waals surface area contributed by atoms with Gasteiger partial charge in [0.2, 0.25) is 5.91 Å². The number of nitrogens with zero attached hydrogens (tertiary/aromatic N) is 3. The molecule has 8 nitrogen and oxygen atoms in total. The number of nitro groups is 1. The number of rotatable bonds is 9. The highest BCUT2D eigenvalue weighted by molar-refractivity contribution is 5.75. The van der Waals surface area contributed by atoms with E-state index in [2.05, 4.69) is 10.4 Å². The minimum atomic E-state index is -0.517. The molecule has 0 unspecified atom stereocenters. The molecule has 0 bridgehead atoms. The van der Waals surface area contributed by atoms with Gasteiger partial charge in [0.25, 0.3) is 0 Å². The quantitative estimate of drug-likeness (QED) is 0.454. The summed E-state index contributed by atoms with van der Waals surface area (Å²) in [6.07, 6.45) is 2.66. The molecule has 28 heavy (non-hydrogen) atoms. The van der Waals surface area contributed by atoms with Gasteiger partial charge in [-0.1, -0.05) is 42.5 Å². The van der Waals surface area contributed by atoms with E-state index >= 15 is 0 Å². The summed E-state index contributed by atoms with van der Waals surface area (Å²) in [5.41, 5.74) is 1.96.